The van der Waals surface area contributed by atoms with Crippen LogP contribution >= 0.6 is 0 Å². The van der Waals surface area contributed by atoms with Gasteiger partial charge >= 0.3 is 0 Å². The van der Waals surface area contributed by atoms with Gasteiger partial charge in [0, 0.05) is 29.3 Å². The zero-order chi connectivity index (χ0) is 18.7. The summed E-state index contributed by atoms with van der Waals surface area (Å²) < 4.78 is 24.2. The lowest BCUT2D eigenvalue weighted by atomic mass is 10.1. The van der Waals surface area contributed by atoms with Crippen molar-refractivity contribution in [3.63, 3.8) is 0 Å². The van der Waals surface area contributed by atoms with Crippen molar-refractivity contribution in [2.45, 2.75) is 13.5 Å². The van der Waals surface area contributed by atoms with E-state index in [0.29, 0.717) is 16.9 Å². The number of nitrogens with one attached hydrogen (secondary N) is 1. The number of carbonyl (C=O) groups excluding carboxylic acids is 1. The van der Waals surface area contributed by atoms with E-state index in [9.17, 15) is 19.3 Å². The summed E-state index contributed by atoms with van der Waals surface area (Å²) in [6.07, 6.45) is 2.56. The van der Waals surface area contributed by atoms with Gasteiger partial charge in [0.25, 0.3) is 5.69 Å². The molecule has 0 saturated heterocycles. The number of nitro benzene ring substituents is 1. The minimum absolute atomic E-state index is 0.0202. The number of hydrogen-bond acceptors (Lipinski definition) is 5. The quantitative estimate of drug-likeness (QED) is 0.513. The summed E-state index contributed by atoms with van der Waals surface area (Å²) in [7, 11) is 0. The molecular formula is C18H15FN2O5. The summed E-state index contributed by atoms with van der Waals surface area (Å²) in [5.41, 5.74) is 1.62. The van der Waals surface area contributed by atoms with E-state index >= 15 is 0 Å². The van der Waals surface area contributed by atoms with Gasteiger partial charge in [-0.2, -0.15) is 0 Å². The summed E-state index contributed by atoms with van der Waals surface area (Å²) in [6, 6.07) is 7.04. The number of rotatable bonds is 4. The van der Waals surface area contributed by atoms with E-state index in [2.05, 4.69) is 5.32 Å². The van der Waals surface area contributed by atoms with Crippen LogP contribution in [-0.2, 0) is 16.1 Å². The first kappa shape index (κ1) is 17.6. The summed E-state index contributed by atoms with van der Waals surface area (Å²) in [4.78, 5) is 22.6. The third-order valence-electron chi connectivity index (χ3n) is 3.73. The Balaban J connectivity index is 1.85. The maximum Gasteiger partial charge on any atom is 0.270 e. The number of anilines is 1. The number of hydrogen-bond donors (Lipinski definition) is 1. The van der Waals surface area contributed by atoms with Crippen LogP contribution in [0, 0.1) is 22.9 Å². The molecule has 0 unspecified atom stereocenters. The number of aryl methyl sites for hydroxylation is 1. The first-order valence-corrected chi connectivity index (χ1v) is 7.71. The van der Waals surface area contributed by atoms with Gasteiger partial charge < -0.3 is 14.8 Å². The molecule has 134 valence electrons. The first-order chi connectivity index (χ1) is 12.4. The lowest BCUT2D eigenvalue weighted by Gasteiger charge is -2.19. The number of fused-ring (bicyclic) bond motifs is 1. The molecule has 0 spiro atoms. The van der Waals surface area contributed by atoms with Crippen LogP contribution in [0.4, 0.5) is 15.8 Å². The highest BCUT2D eigenvalue weighted by atomic mass is 19.1. The molecule has 0 saturated carbocycles. The zero-order valence-electron chi connectivity index (χ0n) is 13.8. The summed E-state index contributed by atoms with van der Waals surface area (Å²) in [5.74, 6) is -0.694. The summed E-state index contributed by atoms with van der Waals surface area (Å²) in [5, 5.41) is 13.5. The Kier molecular flexibility index (Phi) is 4.94. The van der Waals surface area contributed by atoms with Crippen LogP contribution in [0.1, 0.15) is 16.7 Å². The maximum atomic E-state index is 13.7. The largest absolute Gasteiger partial charge is 0.467 e. The SMILES string of the molecule is Cc1ccc(F)c(NC(=O)C=Cc2cc([N+](=O)[O-])cc3c2OCOC3)c1. The van der Waals surface area contributed by atoms with Gasteiger partial charge in [-0.25, -0.2) is 4.39 Å². The van der Waals surface area contributed by atoms with Crippen molar-refractivity contribution >= 4 is 23.4 Å². The Morgan fingerprint density at radius 2 is 2.15 bits per heavy atom. The van der Waals surface area contributed by atoms with Crippen LogP contribution in [0.2, 0.25) is 0 Å². The fourth-order valence-electron chi connectivity index (χ4n) is 2.54. The molecule has 7 nitrogen and oxygen atoms in total. The third-order valence-corrected chi connectivity index (χ3v) is 3.73. The van der Waals surface area contributed by atoms with Crippen LogP contribution in [0.3, 0.4) is 0 Å². The van der Waals surface area contributed by atoms with E-state index < -0.39 is 16.6 Å². The minimum atomic E-state index is -0.568. The molecule has 0 atom stereocenters. The van der Waals surface area contributed by atoms with E-state index in [-0.39, 0.29) is 24.8 Å². The zero-order valence-corrected chi connectivity index (χ0v) is 13.8. The summed E-state index contributed by atoms with van der Waals surface area (Å²) in [6.45, 7) is 1.98. The molecule has 3 rings (SSSR count). The lowest BCUT2D eigenvalue weighted by molar-refractivity contribution is -0.385. The average Bonchev–Trinajstić information content (AvgIpc) is 2.62. The van der Waals surface area contributed by atoms with E-state index in [1.54, 1.807) is 13.0 Å². The maximum absolute atomic E-state index is 13.7. The molecule has 0 aliphatic carbocycles. The van der Waals surface area contributed by atoms with Gasteiger partial charge in [0.1, 0.15) is 11.6 Å². The van der Waals surface area contributed by atoms with Crippen molar-refractivity contribution in [3.8, 4) is 5.75 Å². The van der Waals surface area contributed by atoms with E-state index in [4.69, 9.17) is 9.47 Å². The second kappa shape index (κ2) is 7.32. The van der Waals surface area contributed by atoms with Crippen LogP contribution in [0.25, 0.3) is 6.08 Å². The minimum Gasteiger partial charge on any atom is -0.467 e. The van der Waals surface area contributed by atoms with Gasteiger partial charge in [0.15, 0.2) is 6.79 Å². The van der Waals surface area contributed by atoms with E-state index in [1.807, 2.05) is 0 Å². The normalized spacial score (nSPS) is 13.2. The molecule has 1 heterocycles. The van der Waals surface area contributed by atoms with Gasteiger partial charge in [-0.1, -0.05) is 6.07 Å². The number of ether oxygens (including phenoxy) is 2. The highest BCUT2D eigenvalue weighted by Gasteiger charge is 2.19. The third kappa shape index (κ3) is 3.86. The average molecular weight is 358 g/mol. The van der Waals surface area contributed by atoms with E-state index in [0.717, 1.165) is 5.56 Å². The molecule has 0 bridgehead atoms. The number of benzene rings is 2. The van der Waals surface area contributed by atoms with Gasteiger partial charge in [0.05, 0.1) is 17.2 Å². The number of nitro groups is 1. The van der Waals surface area contributed by atoms with Crippen molar-refractivity contribution < 1.29 is 23.6 Å². The highest BCUT2D eigenvalue weighted by molar-refractivity contribution is 6.02. The van der Waals surface area contributed by atoms with Crippen molar-refractivity contribution in [2.24, 2.45) is 0 Å². The van der Waals surface area contributed by atoms with Crippen LogP contribution < -0.4 is 10.1 Å². The fourth-order valence-corrected chi connectivity index (χ4v) is 2.54. The van der Waals surface area contributed by atoms with Gasteiger partial charge in [0.2, 0.25) is 5.91 Å². The Labute approximate surface area is 148 Å². The number of halogens is 1. The second-order valence-corrected chi connectivity index (χ2v) is 5.70. The first-order valence-electron chi connectivity index (χ1n) is 7.71. The Morgan fingerprint density at radius 1 is 1.35 bits per heavy atom. The molecule has 1 N–H and O–H groups in total. The predicted octanol–water partition coefficient (Wildman–Crippen LogP) is 3.56. The molecular weight excluding hydrogens is 343 g/mol. The summed E-state index contributed by atoms with van der Waals surface area (Å²) >= 11 is 0. The molecule has 1 aliphatic rings. The molecule has 0 radical (unpaired) electrons. The molecule has 1 amide bonds. The predicted molar refractivity (Wildman–Crippen MR) is 92.2 cm³/mol. The standard InChI is InChI=1S/C18H15FN2O5/c1-11-2-4-15(19)16(6-11)20-17(22)5-3-12-7-14(21(23)24)8-13-9-25-10-26-18(12)13/h2-8H,9-10H2,1H3,(H,20,22). The Morgan fingerprint density at radius 3 is 2.92 bits per heavy atom. The monoisotopic (exact) mass is 358 g/mol. The molecule has 1 aliphatic heterocycles. The van der Waals surface area contributed by atoms with Crippen molar-refractivity contribution in [2.75, 3.05) is 12.1 Å². The number of nitrogens with zero attached hydrogens (tertiary/aromatic N) is 1. The van der Waals surface area contributed by atoms with Crippen molar-refractivity contribution in [1.29, 1.82) is 0 Å². The highest BCUT2D eigenvalue weighted by Crippen LogP contribution is 2.33. The Bertz CT molecular complexity index is 911. The number of non-ortho nitro benzene ring substituents is 1. The van der Waals surface area contributed by atoms with Gasteiger partial charge in [-0.15, -0.1) is 0 Å². The van der Waals surface area contributed by atoms with Gasteiger partial charge in [-0.05, 0) is 30.7 Å². The Hall–Kier alpha value is -3.26. The van der Waals surface area contributed by atoms with Crippen molar-refractivity contribution in [1.82, 2.24) is 0 Å². The molecule has 26 heavy (non-hydrogen) atoms. The van der Waals surface area contributed by atoms with Gasteiger partial charge in [-0.3, -0.25) is 14.9 Å². The van der Waals surface area contributed by atoms with Crippen LogP contribution in [-0.4, -0.2) is 17.6 Å². The van der Waals surface area contributed by atoms with Crippen molar-refractivity contribution in [3.05, 3.63) is 69.0 Å². The molecule has 2 aromatic rings. The van der Waals surface area contributed by atoms with E-state index in [1.165, 1.54) is 36.4 Å². The molecule has 8 heteroatoms. The number of amides is 1. The second-order valence-electron chi connectivity index (χ2n) is 5.70. The van der Waals surface area contributed by atoms with Crippen LogP contribution in [0.15, 0.2) is 36.4 Å². The smallest absolute Gasteiger partial charge is 0.270 e. The van der Waals surface area contributed by atoms with Crippen LogP contribution in [0.5, 0.6) is 5.75 Å². The topological polar surface area (TPSA) is 90.7 Å². The lowest BCUT2D eigenvalue weighted by Crippen LogP contribution is -2.13. The fraction of sp³-hybridized carbons (Fsp3) is 0.167. The number of carbonyl (C=O) groups is 1. The molecule has 0 aromatic heterocycles. The molecule has 2 aromatic carbocycles. The molecule has 0 fully saturated rings.